The average molecular weight is 396 g/mol. The number of hydrogen-bond donors (Lipinski definition) is 1. The third kappa shape index (κ3) is 5.53. The number of nitrogens with one attached hydrogen (secondary N) is 1. The molecule has 2 aliphatic rings. The second-order valence-corrected chi connectivity index (χ2v) is 7.54. The number of nitrogens with zero attached hydrogens (tertiary/aromatic N) is 4. The number of piperazine rings is 1. The van der Waals surface area contributed by atoms with E-state index in [0.717, 1.165) is 76.1 Å². The van der Waals surface area contributed by atoms with E-state index in [-0.39, 0.29) is 5.91 Å². The number of rotatable bonds is 6. The number of aromatic nitrogens is 1. The molecule has 3 heterocycles. The Bertz CT molecular complexity index is 787. The van der Waals surface area contributed by atoms with Crippen LogP contribution >= 0.6 is 0 Å². The lowest BCUT2D eigenvalue weighted by Gasteiger charge is -2.34. The van der Waals surface area contributed by atoms with Crippen LogP contribution in [0.4, 0.5) is 11.4 Å². The Balaban J connectivity index is 1.27. The van der Waals surface area contributed by atoms with Gasteiger partial charge in [-0.1, -0.05) is 18.2 Å². The Labute approximate surface area is 172 Å². The van der Waals surface area contributed by atoms with Crippen molar-refractivity contribution in [1.82, 2.24) is 14.8 Å². The molecule has 2 aliphatic heterocycles. The van der Waals surface area contributed by atoms with E-state index < -0.39 is 0 Å². The number of morpholine rings is 1. The minimum absolute atomic E-state index is 0.0453. The number of pyridine rings is 1. The quantitative estimate of drug-likeness (QED) is 0.803. The van der Waals surface area contributed by atoms with E-state index in [4.69, 9.17) is 4.74 Å². The third-order valence-electron chi connectivity index (χ3n) is 5.47. The molecule has 0 spiro atoms. The first kappa shape index (κ1) is 19.8. The second kappa shape index (κ2) is 9.82. The Morgan fingerprint density at radius 3 is 2.41 bits per heavy atom. The molecule has 29 heavy (non-hydrogen) atoms. The summed E-state index contributed by atoms with van der Waals surface area (Å²) in [5, 5.41) is 3.12. The van der Waals surface area contributed by atoms with E-state index in [1.54, 1.807) is 0 Å². The van der Waals surface area contributed by atoms with E-state index in [1.807, 2.05) is 36.5 Å². The maximum atomic E-state index is 12.7. The third-order valence-corrected chi connectivity index (χ3v) is 5.47. The van der Waals surface area contributed by atoms with E-state index in [2.05, 4.69) is 37.1 Å². The second-order valence-electron chi connectivity index (χ2n) is 7.54. The van der Waals surface area contributed by atoms with Crippen molar-refractivity contribution >= 4 is 17.3 Å². The summed E-state index contributed by atoms with van der Waals surface area (Å²) in [5.74, 6) is 0.0453. The van der Waals surface area contributed by atoms with Gasteiger partial charge in [-0.05, 0) is 24.3 Å². The molecule has 1 N–H and O–H groups in total. The summed E-state index contributed by atoms with van der Waals surface area (Å²) in [7, 11) is 0. The van der Waals surface area contributed by atoms with Crippen LogP contribution in [0.25, 0.3) is 0 Å². The van der Waals surface area contributed by atoms with Crippen LogP contribution < -0.4 is 10.2 Å². The molecule has 0 radical (unpaired) electrons. The SMILES string of the molecule is O=C(CN1CCN(Cc2ccccn2)CC1)Nc1ccccc1N1CCOCC1. The van der Waals surface area contributed by atoms with Crippen LogP contribution in [0.5, 0.6) is 0 Å². The molecule has 1 aromatic carbocycles. The van der Waals surface area contributed by atoms with Crippen LogP contribution in [-0.4, -0.2) is 79.7 Å². The highest BCUT2D eigenvalue weighted by Crippen LogP contribution is 2.26. The molecular formula is C22H29N5O2. The van der Waals surface area contributed by atoms with Crippen LogP contribution in [0, 0.1) is 0 Å². The Kier molecular flexibility index (Phi) is 6.71. The van der Waals surface area contributed by atoms with Crippen LogP contribution in [0.3, 0.4) is 0 Å². The minimum atomic E-state index is 0.0453. The summed E-state index contributed by atoms with van der Waals surface area (Å²) in [6.07, 6.45) is 1.84. The fraction of sp³-hybridized carbons (Fsp3) is 0.455. The predicted octanol–water partition coefficient (Wildman–Crippen LogP) is 1.67. The molecule has 4 rings (SSSR count). The fourth-order valence-corrected chi connectivity index (χ4v) is 3.88. The number of benzene rings is 1. The number of anilines is 2. The van der Waals surface area contributed by atoms with Crippen LogP contribution in [-0.2, 0) is 16.1 Å². The standard InChI is InChI=1S/C22H29N5O2/c28-22(24-20-6-1-2-7-21(20)27-13-15-29-16-14-27)18-26-11-9-25(10-12-26)17-19-5-3-4-8-23-19/h1-8H,9-18H2,(H,24,28). The highest BCUT2D eigenvalue weighted by Gasteiger charge is 2.20. The highest BCUT2D eigenvalue weighted by molar-refractivity contribution is 5.95. The molecule has 2 fully saturated rings. The molecule has 0 atom stereocenters. The van der Waals surface area contributed by atoms with Crippen molar-refractivity contribution in [3.8, 4) is 0 Å². The average Bonchev–Trinajstić information content (AvgIpc) is 2.77. The molecule has 0 saturated carbocycles. The fourth-order valence-electron chi connectivity index (χ4n) is 3.88. The van der Waals surface area contributed by atoms with Gasteiger partial charge in [0.15, 0.2) is 0 Å². The van der Waals surface area contributed by atoms with Crippen molar-refractivity contribution in [2.75, 3.05) is 69.2 Å². The molecule has 2 aromatic rings. The van der Waals surface area contributed by atoms with Crippen molar-refractivity contribution in [3.63, 3.8) is 0 Å². The summed E-state index contributed by atoms with van der Waals surface area (Å²) in [6, 6.07) is 14.1. The van der Waals surface area contributed by atoms with Gasteiger partial charge in [0.2, 0.25) is 5.91 Å². The molecular weight excluding hydrogens is 366 g/mol. The van der Waals surface area contributed by atoms with Crippen molar-refractivity contribution in [3.05, 3.63) is 54.4 Å². The maximum absolute atomic E-state index is 12.7. The summed E-state index contributed by atoms with van der Waals surface area (Å²) in [6.45, 7) is 8.15. The zero-order valence-electron chi connectivity index (χ0n) is 16.8. The minimum Gasteiger partial charge on any atom is -0.378 e. The van der Waals surface area contributed by atoms with Gasteiger partial charge in [-0.25, -0.2) is 0 Å². The lowest BCUT2D eigenvalue weighted by Crippen LogP contribution is -2.48. The molecule has 1 amide bonds. The van der Waals surface area contributed by atoms with Crippen molar-refractivity contribution < 1.29 is 9.53 Å². The first-order chi connectivity index (χ1) is 14.3. The predicted molar refractivity (Wildman–Crippen MR) is 114 cm³/mol. The number of carbonyl (C=O) groups is 1. The highest BCUT2D eigenvalue weighted by atomic mass is 16.5. The van der Waals surface area contributed by atoms with Gasteiger partial charge in [-0.2, -0.15) is 0 Å². The molecule has 1 aromatic heterocycles. The number of para-hydroxylation sites is 2. The number of carbonyl (C=O) groups excluding carboxylic acids is 1. The molecule has 0 aliphatic carbocycles. The number of amides is 1. The van der Waals surface area contributed by atoms with Crippen LogP contribution in [0.15, 0.2) is 48.7 Å². The zero-order chi connectivity index (χ0) is 19.9. The Morgan fingerprint density at radius 2 is 1.66 bits per heavy atom. The first-order valence-electron chi connectivity index (χ1n) is 10.3. The van der Waals surface area contributed by atoms with Gasteiger partial charge >= 0.3 is 0 Å². The van der Waals surface area contributed by atoms with E-state index in [9.17, 15) is 4.79 Å². The molecule has 154 valence electrons. The normalized spacial score (nSPS) is 18.6. The lowest BCUT2D eigenvalue weighted by molar-refractivity contribution is -0.117. The maximum Gasteiger partial charge on any atom is 0.238 e. The van der Waals surface area contributed by atoms with E-state index in [0.29, 0.717) is 6.54 Å². The van der Waals surface area contributed by atoms with E-state index in [1.165, 1.54) is 0 Å². The monoisotopic (exact) mass is 395 g/mol. The zero-order valence-corrected chi connectivity index (χ0v) is 16.8. The molecule has 2 saturated heterocycles. The summed E-state index contributed by atoms with van der Waals surface area (Å²) < 4.78 is 5.45. The number of ether oxygens (including phenoxy) is 1. The summed E-state index contributed by atoms with van der Waals surface area (Å²) >= 11 is 0. The van der Waals surface area contributed by atoms with Crippen molar-refractivity contribution in [2.24, 2.45) is 0 Å². The van der Waals surface area contributed by atoms with Gasteiger partial charge in [-0.3, -0.25) is 19.6 Å². The van der Waals surface area contributed by atoms with Gasteiger partial charge in [0.1, 0.15) is 0 Å². The molecule has 0 bridgehead atoms. The topological polar surface area (TPSA) is 60.9 Å². The van der Waals surface area contributed by atoms with Crippen molar-refractivity contribution in [1.29, 1.82) is 0 Å². The van der Waals surface area contributed by atoms with E-state index >= 15 is 0 Å². The Morgan fingerprint density at radius 1 is 0.931 bits per heavy atom. The van der Waals surface area contributed by atoms with Crippen LogP contribution in [0.1, 0.15) is 5.69 Å². The largest absolute Gasteiger partial charge is 0.378 e. The molecule has 7 nitrogen and oxygen atoms in total. The molecule has 0 unspecified atom stereocenters. The smallest absolute Gasteiger partial charge is 0.238 e. The van der Waals surface area contributed by atoms with Crippen molar-refractivity contribution in [2.45, 2.75) is 6.54 Å². The summed E-state index contributed by atoms with van der Waals surface area (Å²) in [4.78, 5) is 24.0. The van der Waals surface area contributed by atoms with Gasteiger partial charge in [0.25, 0.3) is 0 Å². The van der Waals surface area contributed by atoms with Gasteiger partial charge in [0, 0.05) is 52.0 Å². The van der Waals surface area contributed by atoms with Gasteiger partial charge in [-0.15, -0.1) is 0 Å². The molecule has 7 heteroatoms. The lowest BCUT2D eigenvalue weighted by atomic mass is 10.2. The van der Waals surface area contributed by atoms with Gasteiger partial charge in [0.05, 0.1) is 36.8 Å². The first-order valence-corrected chi connectivity index (χ1v) is 10.3. The Hall–Kier alpha value is -2.48. The number of hydrogen-bond acceptors (Lipinski definition) is 6. The van der Waals surface area contributed by atoms with Gasteiger partial charge < -0.3 is 15.0 Å². The van der Waals surface area contributed by atoms with Crippen LogP contribution in [0.2, 0.25) is 0 Å². The summed E-state index contributed by atoms with van der Waals surface area (Å²) in [5.41, 5.74) is 3.05.